The van der Waals surface area contributed by atoms with Gasteiger partial charge < -0.3 is 9.64 Å². The van der Waals surface area contributed by atoms with Crippen molar-refractivity contribution < 1.29 is 4.74 Å². The van der Waals surface area contributed by atoms with E-state index in [-0.39, 0.29) is 0 Å². The SMILES string of the molecule is COc1ccc(-c2nc(N3CCCCC3)sc2-c2n[c]ncc2C2CCCC2)cc1. The summed E-state index contributed by atoms with van der Waals surface area (Å²) in [6, 6.07) is 8.20. The summed E-state index contributed by atoms with van der Waals surface area (Å²) >= 11 is 1.77. The summed E-state index contributed by atoms with van der Waals surface area (Å²) in [6.45, 7) is 2.17. The second kappa shape index (κ2) is 8.72. The van der Waals surface area contributed by atoms with Crippen molar-refractivity contribution >= 4 is 16.5 Å². The van der Waals surface area contributed by atoms with Gasteiger partial charge in [-0.05, 0) is 62.3 Å². The molecule has 3 heterocycles. The zero-order valence-electron chi connectivity index (χ0n) is 17.4. The van der Waals surface area contributed by atoms with E-state index in [9.17, 15) is 0 Å². The molecule has 1 radical (unpaired) electrons. The molecule has 1 saturated carbocycles. The number of nitrogens with zero attached hydrogens (tertiary/aromatic N) is 4. The predicted molar refractivity (Wildman–Crippen MR) is 121 cm³/mol. The highest BCUT2D eigenvalue weighted by atomic mass is 32.1. The van der Waals surface area contributed by atoms with E-state index in [1.807, 2.05) is 18.3 Å². The average Bonchev–Trinajstić information content (AvgIpc) is 3.50. The maximum Gasteiger partial charge on any atom is 0.198 e. The van der Waals surface area contributed by atoms with Gasteiger partial charge in [-0.25, -0.2) is 15.0 Å². The van der Waals surface area contributed by atoms with Gasteiger partial charge in [0.25, 0.3) is 0 Å². The van der Waals surface area contributed by atoms with Gasteiger partial charge in [-0.15, -0.1) is 0 Å². The summed E-state index contributed by atoms with van der Waals surface area (Å²) in [7, 11) is 1.70. The zero-order chi connectivity index (χ0) is 20.3. The molecule has 155 valence electrons. The first-order valence-corrected chi connectivity index (χ1v) is 11.8. The lowest BCUT2D eigenvalue weighted by Gasteiger charge is -2.25. The highest BCUT2D eigenvalue weighted by molar-refractivity contribution is 7.19. The van der Waals surface area contributed by atoms with Crippen LogP contribution in [-0.4, -0.2) is 35.2 Å². The molecule has 6 heteroatoms. The van der Waals surface area contributed by atoms with Gasteiger partial charge in [0.15, 0.2) is 11.5 Å². The molecule has 5 rings (SSSR count). The number of rotatable bonds is 5. The Balaban J connectivity index is 1.62. The third kappa shape index (κ3) is 3.81. The van der Waals surface area contributed by atoms with Gasteiger partial charge in [0.2, 0.25) is 0 Å². The fourth-order valence-electron chi connectivity index (χ4n) is 4.65. The Kier molecular flexibility index (Phi) is 5.67. The van der Waals surface area contributed by atoms with E-state index in [1.165, 1.54) is 50.5 Å². The van der Waals surface area contributed by atoms with Gasteiger partial charge in [0.1, 0.15) is 5.75 Å². The standard InChI is InChI=1S/C24H27N4OS/c1-29-19-11-9-18(10-12-19)21-23(30-24(27-21)28-13-5-2-6-14-28)22-20(15-25-16-26-22)17-7-3-4-8-17/h9-12,15,17H,2-8,13-14H2,1H3. The smallest absolute Gasteiger partial charge is 0.198 e. The van der Waals surface area contributed by atoms with Crippen LogP contribution in [0.15, 0.2) is 30.5 Å². The third-order valence-electron chi connectivity index (χ3n) is 6.31. The van der Waals surface area contributed by atoms with Crippen LogP contribution in [0.25, 0.3) is 21.8 Å². The van der Waals surface area contributed by atoms with Crippen LogP contribution >= 0.6 is 11.3 Å². The van der Waals surface area contributed by atoms with Crippen molar-refractivity contribution in [3.63, 3.8) is 0 Å². The van der Waals surface area contributed by atoms with Crippen molar-refractivity contribution in [1.29, 1.82) is 0 Å². The lowest BCUT2D eigenvalue weighted by Crippen LogP contribution is -2.29. The van der Waals surface area contributed by atoms with E-state index in [0.717, 1.165) is 45.8 Å². The summed E-state index contributed by atoms with van der Waals surface area (Å²) in [5.41, 5.74) is 4.38. The Morgan fingerprint density at radius 3 is 2.50 bits per heavy atom. The molecule has 0 amide bonds. The minimum absolute atomic E-state index is 0.541. The Bertz CT molecular complexity index is 989. The van der Waals surface area contributed by atoms with E-state index < -0.39 is 0 Å². The Labute approximate surface area is 182 Å². The van der Waals surface area contributed by atoms with Gasteiger partial charge in [-0.1, -0.05) is 24.2 Å². The van der Waals surface area contributed by atoms with E-state index in [2.05, 4.69) is 33.3 Å². The number of benzene rings is 1. The van der Waals surface area contributed by atoms with Crippen LogP contribution in [0.3, 0.4) is 0 Å². The topological polar surface area (TPSA) is 51.1 Å². The Hall–Kier alpha value is -2.47. The molecule has 1 aromatic carbocycles. The van der Waals surface area contributed by atoms with Crippen LogP contribution in [0.5, 0.6) is 5.75 Å². The molecule has 2 fully saturated rings. The van der Waals surface area contributed by atoms with E-state index in [4.69, 9.17) is 9.72 Å². The molecular formula is C24H27N4OS. The molecule has 0 unspecified atom stereocenters. The molecule has 3 aromatic rings. The molecule has 5 nitrogen and oxygen atoms in total. The number of thiazole rings is 1. The molecular weight excluding hydrogens is 392 g/mol. The van der Waals surface area contributed by atoms with Gasteiger partial charge in [-0.3, -0.25) is 0 Å². The summed E-state index contributed by atoms with van der Waals surface area (Å²) in [6.07, 6.45) is 13.6. The van der Waals surface area contributed by atoms with Gasteiger partial charge >= 0.3 is 0 Å². The summed E-state index contributed by atoms with van der Waals surface area (Å²) in [4.78, 5) is 17.6. The first kappa shape index (κ1) is 19.5. The number of methoxy groups -OCH3 is 1. The van der Waals surface area contributed by atoms with Crippen LogP contribution in [0, 0.1) is 6.33 Å². The molecule has 30 heavy (non-hydrogen) atoms. The molecule has 2 aliphatic rings. The summed E-state index contributed by atoms with van der Waals surface area (Å²) in [5.74, 6) is 1.40. The first-order valence-electron chi connectivity index (χ1n) is 11.0. The largest absolute Gasteiger partial charge is 0.497 e. The van der Waals surface area contributed by atoms with Crippen molar-refractivity contribution in [3.05, 3.63) is 42.4 Å². The summed E-state index contributed by atoms with van der Waals surface area (Å²) < 4.78 is 5.36. The molecule has 0 N–H and O–H groups in total. The number of piperidine rings is 1. The maximum absolute atomic E-state index is 5.36. The van der Waals surface area contributed by atoms with Crippen molar-refractivity contribution in [1.82, 2.24) is 15.0 Å². The number of hydrogen-bond donors (Lipinski definition) is 0. The fraction of sp³-hybridized carbons (Fsp3) is 0.458. The van der Waals surface area contributed by atoms with Crippen molar-refractivity contribution in [2.24, 2.45) is 0 Å². The van der Waals surface area contributed by atoms with Crippen LogP contribution in [0.1, 0.15) is 56.4 Å². The van der Waals surface area contributed by atoms with Crippen molar-refractivity contribution in [3.8, 4) is 27.6 Å². The molecule has 0 atom stereocenters. The number of hydrogen-bond acceptors (Lipinski definition) is 6. The third-order valence-corrected chi connectivity index (χ3v) is 7.44. The van der Waals surface area contributed by atoms with Crippen LogP contribution in [0.2, 0.25) is 0 Å². The maximum atomic E-state index is 5.36. The van der Waals surface area contributed by atoms with Crippen molar-refractivity contribution in [2.75, 3.05) is 25.1 Å². The monoisotopic (exact) mass is 419 g/mol. The summed E-state index contributed by atoms with van der Waals surface area (Å²) in [5, 5.41) is 1.10. The number of aromatic nitrogens is 3. The van der Waals surface area contributed by atoms with Crippen molar-refractivity contribution in [2.45, 2.75) is 50.9 Å². The molecule has 1 aliphatic heterocycles. The first-order chi connectivity index (χ1) is 14.8. The number of ether oxygens (including phenoxy) is 1. The van der Waals surface area contributed by atoms with Crippen LogP contribution in [0.4, 0.5) is 5.13 Å². The van der Waals surface area contributed by atoms with Crippen LogP contribution in [-0.2, 0) is 0 Å². The van der Waals surface area contributed by atoms with E-state index in [1.54, 1.807) is 18.4 Å². The molecule has 1 aliphatic carbocycles. The molecule has 1 saturated heterocycles. The normalized spacial score (nSPS) is 17.4. The minimum atomic E-state index is 0.541. The highest BCUT2D eigenvalue weighted by Gasteiger charge is 2.26. The van der Waals surface area contributed by atoms with Gasteiger partial charge in [0, 0.05) is 30.4 Å². The highest BCUT2D eigenvalue weighted by Crippen LogP contribution is 2.45. The molecule has 2 aromatic heterocycles. The quantitative estimate of drug-likeness (QED) is 0.529. The van der Waals surface area contributed by atoms with Crippen LogP contribution < -0.4 is 9.64 Å². The van der Waals surface area contributed by atoms with Gasteiger partial charge in [0.05, 0.1) is 23.4 Å². The average molecular weight is 420 g/mol. The lowest BCUT2D eigenvalue weighted by molar-refractivity contribution is 0.415. The molecule has 0 spiro atoms. The van der Waals surface area contributed by atoms with Gasteiger partial charge in [-0.2, -0.15) is 0 Å². The lowest BCUT2D eigenvalue weighted by atomic mass is 9.96. The number of anilines is 1. The molecule has 0 bridgehead atoms. The van der Waals surface area contributed by atoms with E-state index in [0.29, 0.717) is 5.92 Å². The van der Waals surface area contributed by atoms with E-state index >= 15 is 0 Å². The Morgan fingerprint density at radius 1 is 1.00 bits per heavy atom. The zero-order valence-corrected chi connectivity index (χ0v) is 18.2. The Morgan fingerprint density at radius 2 is 1.77 bits per heavy atom. The predicted octanol–water partition coefficient (Wildman–Crippen LogP) is 5.72. The fourth-order valence-corrected chi connectivity index (χ4v) is 5.81. The second-order valence-corrected chi connectivity index (χ2v) is 9.18. The minimum Gasteiger partial charge on any atom is -0.497 e. The second-order valence-electron chi connectivity index (χ2n) is 8.21.